The summed E-state index contributed by atoms with van der Waals surface area (Å²) in [5.41, 5.74) is 1.81. The van der Waals surface area contributed by atoms with E-state index in [1.54, 1.807) is 37.3 Å². The van der Waals surface area contributed by atoms with Crippen LogP contribution in [-0.4, -0.2) is 38.4 Å². The average Bonchev–Trinajstić information content (AvgIpc) is 2.80. The maximum Gasteiger partial charge on any atom is 0.330 e. The van der Waals surface area contributed by atoms with Gasteiger partial charge in [-0.25, -0.2) is 13.2 Å². The number of hydrogen-bond acceptors (Lipinski definition) is 4. The molecular weight excluding hydrogens is 434 g/mol. The zero-order valence-electron chi connectivity index (χ0n) is 19.1. The monoisotopic (exact) mass is 463 g/mol. The molecule has 0 heterocycles. The number of ether oxygens (including phenoxy) is 1. The van der Waals surface area contributed by atoms with Gasteiger partial charge in [-0.15, -0.1) is 5.92 Å². The van der Waals surface area contributed by atoms with Crippen molar-refractivity contribution < 1.29 is 17.9 Å². The lowest BCUT2D eigenvalue weighted by atomic mass is 10.2. The van der Waals surface area contributed by atoms with Gasteiger partial charge < -0.3 is 4.74 Å². The van der Waals surface area contributed by atoms with Gasteiger partial charge in [0.2, 0.25) is 10.0 Å². The largest absolute Gasteiger partial charge is 0.463 e. The molecule has 2 aromatic carbocycles. The van der Waals surface area contributed by atoms with Crippen molar-refractivity contribution >= 4 is 16.0 Å². The van der Waals surface area contributed by atoms with Crippen LogP contribution < -0.4 is 0 Å². The van der Waals surface area contributed by atoms with Crippen LogP contribution in [0, 0.1) is 30.6 Å². The number of sulfonamides is 1. The summed E-state index contributed by atoms with van der Waals surface area (Å²) in [6, 6.07) is 16.2. The van der Waals surface area contributed by atoms with E-state index in [-0.39, 0.29) is 24.0 Å². The summed E-state index contributed by atoms with van der Waals surface area (Å²) in [4.78, 5) is 11.5. The second-order valence-electron chi connectivity index (χ2n) is 7.15. The molecule has 0 aliphatic rings. The molecule has 0 unspecified atom stereocenters. The van der Waals surface area contributed by atoms with Crippen molar-refractivity contribution in [2.45, 2.75) is 38.0 Å². The molecule has 2 rings (SSSR count). The average molecular weight is 464 g/mol. The van der Waals surface area contributed by atoms with Crippen LogP contribution in [0.1, 0.15) is 37.3 Å². The summed E-state index contributed by atoms with van der Waals surface area (Å²) in [6.07, 6.45) is 5.23. The lowest BCUT2D eigenvalue weighted by Crippen LogP contribution is -2.32. The van der Waals surface area contributed by atoms with Gasteiger partial charge in [-0.3, -0.25) is 0 Å². The summed E-state index contributed by atoms with van der Waals surface area (Å²) in [6.45, 7) is 4.12. The topological polar surface area (TPSA) is 63.7 Å². The first-order valence-corrected chi connectivity index (χ1v) is 12.3. The minimum Gasteiger partial charge on any atom is -0.463 e. The van der Waals surface area contributed by atoms with E-state index < -0.39 is 10.0 Å². The molecule has 5 nitrogen and oxygen atoms in total. The molecule has 0 N–H and O–H groups in total. The number of aryl methyl sites for hydroxylation is 1. The van der Waals surface area contributed by atoms with Gasteiger partial charge in [0.1, 0.15) is 0 Å². The van der Waals surface area contributed by atoms with Crippen LogP contribution >= 0.6 is 0 Å². The van der Waals surface area contributed by atoms with E-state index in [1.807, 2.05) is 37.3 Å². The fourth-order valence-electron chi connectivity index (χ4n) is 2.75. The maximum absolute atomic E-state index is 13.1. The molecule has 0 saturated heterocycles. The van der Waals surface area contributed by atoms with Crippen LogP contribution in [-0.2, 0) is 19.6 Å². The smallest absolute Gasteiger partial charge is 0.330 e. The van der Waals surface area contributed by atoms with Gasteiger partial charge in [-0.05, 0) is 51.0 Å². The predicted molar refractivity (Wildman–Crippen MR) is 131 cm³/mol. The molecule has 172 valence electrons. The lowest BCUT2D eigenvalue weighted by Gasteiger charge is -2.17. The van der Waals surface area contributed by atoms with Crippen LogP contribution in [0.15, 0.2) is 71.6 Å². The summed E-state index contributed by atoms with van der Waals surface area (Å²) < 4.78 is 32.4. The van der Waals surface area contributed by atoms with E-state index in [0.717, 1.165) is 17.5 Å². The zero-order valence-corrected chi connectivity index (χ0v) is 19.9. The van der Waals surface area contributed by atoms with E-state index in [4.69, 9.17) is 4.74 Å². The Kier molecular flexibility index (Phi) is 11.0. The van der Waals surface area contributed by atoms with Crippen LogP contribution in [0.4, 0.5) is 0 Å². The first-order chi connectivity index (χ1) is 15.9. The number of esters is 1. The molecule has 6 heteroatoms. The van der Waals surface area contributed by atoms with Gasteiger partial charge in [0.25, 0.3) is 0 Å². The molecule has 0 amide bonds. The minimum absolute atomic E-state index is 0.0437. The van der Waals surface area contributed by atoms with Crippen molar-refractivity contribution in [2.75, 3.05) is 19.7 Å². The Morgan fingerprint density at radius 3 is 2.39 bits per heavy atom. The molecule has 0 radical (unpaired) electrons. The third-order valence-corrected chi connectivity index (χ3v) is 6.32. The highest BCUT2D eigenvalue weighted by molar-refractivity contribution is 7.89. The van der Waals surface area contributed by atoms with Gasteiger partial charge in [0.05, 0.1) is 24.6 Å². The van der Waals surface area contributed by atoms with Crippen LogP contribution in [0.2, 0.25) is 0 Å². The molecule has 0 aliphatic heterocycles. The van der Waals surface area contributed by atoms with Gasteiger partial charge in [0.15, 0.2) is 0 Å². The van der Waals surface area contributed by atoms with Gasteiger partial charge in [0, 0.05) is 18.1 Å². The van der Waals surface area contributed by atoms with E-state index in [9.17, 15) is 13.2 Å². The Morgan fingerprint density at radius 1 is 1.00 bits per heavy atom. The summed E-state index contributed by atoms with van der Waals surface area (Å²) in [5.74, 6) is 11.6. The highest BCUT2D eigenvalue weighted by Gasteiger charge is 2.22. The molecular formula is C27H29NO4S. The molecule has 33 heavy (non-hydrogen) atoms. The number of carbonyl (C=O) groups excluding carboxylic acids is 1. The van der Waals surface area contributed by atoms with Crippen LogP contribution in [0.5, 0.6) is 0 Å². The standard InChI is InChI=1S/C27H29NO4S/c1-3-32-27(29)17-11-6-4-5-7-12-22-28(23-13-16-25-14-9-8-10-15-25)33(30,31)26-20-18-24(2)19-21-26/h8-11,14-15,17-21H,3-6,22-23H2,1-2H3/b17-11+. The van der Waals surface area contributed by atoms with E-state index in [1.165, 1.54) is 10.4 Å². The molecule has 0 aromatic heterocycles. The highest BCUT2D eigenvalue weighted by Crippen LogP contribution is 2.16. The van der Waals surface area contributed by atoms with Crippen LogP contribution in [0.3, 0.4) is 0 Å². The summed E-state index contributed by atoms with van der Waals surface area (Å²) >= 11 is 0. The first-order valence-electron chi connectivity index (χ1n) is 10.8. The molecule has 0 atom stereocenters. The quantitative estimate of drug-likeness (QED) is 0.240. The van der Waals surface area contributed by atoms with Gasteiger partial charge >= 0.3 is 5.97 Å². The molecule has 0 bridgehead atoms. The molecule has 0 saturated carbocycles. The Labute approximate surface area is 197 Å². The SMILES string of the molecule is CCOC(=O)/C=C/CCCC#CCN(CC#Cc1ccccc1)S(=O)(=O)c1ccc(C)cc1. The van der Waals surface area contributed by atoms with Crippen LogP contribution in [0.25, 0.3) is 0 Å². The van der Waals surface area contributed by atoms with Gasteiger partial charge in [-0.2, -0.15) is 4.31 Å². The maximum atomic E-state index is 13.1. The Morgan fingerprint density at radius 2 is 1.70 bits per heavy atom. The third kappa shape index (κ3) is 9.37. The number of unbranched alkanes of at least 4 members (excludes halogenated alkanes) is 2. The predicted octanol–water partition coefficient (Wildman–Crippen LogP) is 4.33. The second-order valence-corrected chi connectivity index (χ2v) is 9.09. The van der Waals surface area contributed by atoms with E-state index in [2.05, 4.69) is 23.7 Å². The zero-order chi connectivity index (χ0) is 23.9. The highest BCUT2D eigenvalue weighted by atomic mass is 32.2. The van der Waals surface area contributed by atoms with Crippen molar-refractivity contribution in [1.29, 1.82) is 0 Å². The van der Waals surface area contributed by atoms with Crippen molar-refractivity contribution in [2.24, 2.45) is 0 Å². The normalized spacial score (nSPS) is 10.9. The fraction of sp³-hybridized carbons (Fsp3) is 0.296. The molecule has 0 aliphatic carbocycles. The fourth-order valence-corrected chi connectivity index (χ4v) is 3.99. The summed E-state index contributed by atoms with van der Waals surface area (Å²) in [7, 11) is -3.72. The van der Waals surface area contributed by atoms with E-state index >= 15 is 0 Å². The number of rotatable bonds is 9. The number of nitrogens with zero attached hydrogens (tertiary/aromatic N) is 1. The first kappa shape index (κ1) is 25.9. The van der Waals surface area contributed by atoms with Crippen molar-refractivity contribution in [3.63, 3.8) is 0 Å². The lowest BCUT2D eigenvalue weighted by molar-refractivity contribution is -0.137. The van der Waals surface area contributed by atoms with E-state index in [0.29, 0.717) is 19.4 Å². The Balaban J connectivity index is 2.03. The molecule has 0 fully saturated rings. The van der Waals surface area contributed by atoms with Crippen molar-refractivity contribution in [3.8, 4) is 23.7 Å². The number of hydrogen-bond donors (Lipinski definition) is 0. The van der Waals surface area contributed by atoms with Crippen molar-refractivity contribution in [1.82, 2.24) is 4.31 Å². The molecule has 0 spiro atoms. The Bertz CT molecular complexity index is 1150. The number of allylic oxidation sites excluding steroid dienone is 1. The summed E-state index contributed by atoms with van der Waals surface area (Å²) in [5, 5.41) is 0. The number of carbonyl (C=O) groups is 1. The number of benzene rings is 2. The second kappa shape index (κ2) is 14.0. The minimum atomic E-state index is -3.72. The molecule has 2 aromatic rings. The third-order valence-electron chi connectivity index (χ3n) is 4.51. The van der Waals surface area contributed by atoms with Gasteiger partial charge in [-0.1, -0.05) is 59.7 Å². The van der Waals surface area contributed by atoms with Crippen molar-refractivity contribution in [3.05, 3.63) is 77.9 Å². The Hall–Kier alpha value is -3.32.